The van der Waals surface area contributed by atoms with Crippen molar-refractivity contribution in [1.82, 2.24) is 9.78 Å². The minimum atomic E-state index is -0.677. The van der Waals surface area contributed by atoms with Gasteiger partial charge < -0.3 is 5.11 Å². The maximum atomic E-state index is 10.7. The molecule has 1 N–H and O–H groups in total. The van der Waals surface area contributed by atoms with Gasteiger partial charge in [-0.1, -0.05) is 13.8 Å². The first-order chi connectivity index (χ1) is 7.57. The summed E-state index contributed by atoms with van der Waals surface area (Å²) >= 11 is 3.51. The number of hydrogen-bond donors (Lipinski definition) is 1. The molecule has 0 spiro atoms. The van der Waals surface area contributed by atoms with Crippen molar-refractivity contribution >= 4 is 15.9 Å². The third-order valence-electron chi connectivity index (χ3n) is 3.41. The van der Waals surface area contributed by atoms with Gasteiger partial charge in [0.1, 0.15) is 5.60 Å². The Hall–Kier alpha value is -0.350. The number of aromatic nitrogens is 2. The van der Waals surface area contributed by atoms with E-state index in [4.69, 9.17) is 0 Å². The zero-order valence-electron chi connectivity index (χ0n) is 9.91. The zero-order chi connectivity index (χ0) is 11.8. The first-order valence-corrected chi connectivity index (χ1v) is 6.80. The van der Waals surface area contributed by atoms with Crippen molar-refractivity contribution in [2.75, 3.05) is 0 Å². The second kappa shape index (κ2) is 4.49. The van der Waals surface area contributed by atoms with E-state index >= 15 is 0 Å². The number of aliphatic hydroxyl groups is 1. The molecule has 1 heterocycles. The molecule has 0 radical (unpaired) electrons. The van der Waals surface area contributed by atoms with Crippen LogP contribution in [0, 0.1) is 5.92 Å². The Bertz CT molecular complexity index is 377. The van der Waals surface area contributed by atoms with Gasteiger partial charge in [0, 0.05) is 6.54 Å². The van der Waals surface area contributed by atoms with E-state index in [1.807, 2.05) is 4.68 Å². The van der Waals surface area contributed by atoms with Crippen LogP contribution in [0.4, 0.5) is 0 Å². The molecular formula is C12H19BrN2O. The molecule has 1 aliphatic carbocycles. The van der Waals surface area contributed by atoms with Gasteiger partial charge in [-0.15, -0.1) is 0 Å². The average molecular weight is 287 g/mol. The third kappa shape index (κ3) is 2.05. The van der Waals surface area contributed by atoms with Gasteiger partial charge in [0.15, 0.2) is 0 Å². The first kappa shape index (κ1) is 12.1. The summed E-state index contributed by atoms with van der Waals surface area (Å²) in [7, 11) is 0. The fraction of sp³-hybridized carbons (Fsp3) is 0.750. The van der Waals surface area contributed by atoms with Gasteiger partial charge in [-0.2, -0.15) is 5.10 Å². The van der Waals surface area contributed by atoms with Crippen molar-refractivity contribution in [1.29, 1.82) is 0 Å². The molecule has 0 bridgehead atoms. The van der Waals surface area contributed by atoms with Gasteiger partial charge in [-0.3, -0.25) is 4.68 Å². The normalized spacial score (nSPS) is 29.9. The smallest absolute Gasteiger partial charge is 0.108 e. The molecule has 90 valence electrons. The quantitative estimate of drug-likeness (QED) is 0.927. The van der Waals surface area contributed by atoms with Crippen molar-refractivity contribution in [2.45, 2.75) is 51.7 Å². The lowest BCUT2D eigenvalue weighted by Gasteiger charge is -2.24. The SMILES string of the molecule is CCCn1ncc(Br)c1C1(O)CCC(C)C1. The zero-order valence-corrected chi connectivity index (χ0v) is 11.5. The van der Waals surface area contributed by atoms with Crippen LogP contribution in [0.25, 0.3) is 0 Å². The minimum absolute atomic E-state index is 0.599. The van der Waals surface area contributed by atoms with Crippen LogP contribution >= 0.6 is 15.9 Å². The highest BCUT2D eigenvalue weighted by Gasteiger charge is 2.40. The number of rotatable bonds is 3. The highest BCUT2D eigenvalue weighted by Crippen LogP contribution is 2.44. The van der Waals surface area contributed by atoms with Crippen molar-refractivity contribution in [2.24, 2.45) is 5.92 Å². The van der Waals surface area contributed by atoms with Crippen LogP contribution in [0.2, 0.25) is 0 Å². The molecule has 1 aliphatic rings. The van der Waals surface area contributed by atoms with Gasteiger partial charge in [0.25, 0.3) is 0 Å². The Balaban J connectivity index is 2.34. The molecule has 0 aliphatic heterocycles. The summed E-state index contributed by atoms with van der Waals surface area (Å²) in [5, 5.41) is 15.0. The van der Waals surface area contributed by atoms with Crippen LogP contribution in [-0.4, -0.2) is 14.9 Å². The molecular weight excluding hydrogens is 268 g/mol. The first-order valence-electron chi connectivity index (χ1n) is 6.01. The lowest BCUT2D eigenvalue weighted by molar-refractivity contribution is 0.0305. The molecule has 4 heteroatoms. The molecule has 0 aromatic carbocycles. The van der Waals surface area contributed by atoms with Gasteiger partial charge in [-0.05, 0) is 47.5 Å². The fourth-order valence-electron chi connectivity index (χ4n) is 2.69. The van der Waals surface area contributed by atoms with Gasteiger partial charge in [0.05, 0.1) is 16.4 Å². The summed E-state index contributed by atoms with van der Waals surface area (Å²) in [6, 6.07) is 0. The summed E-state index contributed by atoms with van der Waals surface area (Å²) in [6.07, 6.45) is 5.63. The van der Waals surface area contributed by atoms with Crippen molar-refractivity contribution in [3.8, 4) is 0 Å². The molecule has 2 rings (SSSR count). The van der Waals surface area contributed by atoms with Crippen LogP contribution in [0.5, 0.6) is 0 Å². The Labute approximate surface area is 105 Å². The largest absolute Gasteiger partial charge is 0.384 e. The van der Waals surface area contributed by atoms with E-state index in [1.54, 1.807) is 6.20 Å². The predicted molar refractivity (Wildman–Crippen MR) is 67.1 cm³/mol. The molecule has 3 nitrogen and oxygen atoms in total. The lowest BCUT2D eigenvalue weighted by atomic mass is 9.96. The van der Waals surface area contributed by atoms with E-state index in [2.05, 4.69) is 34.9 Å². The van der Waals surface area contributed by atoms with Crippen molar-refractivity contribution in [3.63, 3.8) is 0 Å². The lowest BCUT2D eigenvalue weighted by Crippen LogP contribution is -2.26. The van der Waals surface area contributed by atoms with Crippen LogP contribution in [0.1, 0.15) is 45.2 Å². The summed E-state index contributed by atoms with van der Waals surface area (Å²) in [6.45, 7) is 5.20. The highest BCUT2D eigenvalue weighted by atomic mass is 79.9. The van der Waals surface area contributed by atoms with Gasteiger partial charge in [0.2, 0.25) is 0 Å². The predicted octanol–water partition coefficient (Wildman–Crippen LogP) is 3.06. The minimum Gasteiger partial charge on any atom is -0.384 e. The Morgan fingerprint density at radius 2 is 2.44 bits per heavy atom. The van der Waals surface area contributed by atoms with E-state index in [0.717, 1.165) is 42.4 Å². The van der Waals surface area contributed by atoms with Crippen LogP contribution < -0.4 is 0 Å². The number of nitrogens with zero attached hydrogens (tertiary/aromatic N) is 2. The third-order valence-corrected chi connectivity index (χ3v) is 3.99. The second-order valence-corrected chi connectivity index (χ2v) is 5.80. The number of halogens is 1. The van der Waals surface area contributed by atoms with E-state index in [1.165, 1.54) is 0 Å². The summed E-state index contributed by atoms with van der Waals surface area (Å²) in [4.78, 5) is 0. The molecule has 1 fully saturated rings. The Morgan fingerprint density at radius 3 is 3.00 bits per heavy atom. The number of hydrogen-bond acceptors (Lipinski definition) is 2. The van der Waals surface area contributed by atoms with Crippen molar-refractivity contribution < 1.29 is 5.11 Å². The van der Waals surface area contributed by atoms with E-state index in [9.17, 15) is 5.11 Å². The van der Waals surface area contributed by atoms with Crippen LogP contribution in [0.3, 0.4) is 0 Å². The molecule has 2 atom stereocenters. The fourth-order valence-corrected chi connectivity index (χ4v) is 3.35. The second-order valence-electron chi connectivity index (χ2n) is 4.94. The summed E-state index contributed by atoms with van der Waals surface area (Å²) in [5.41, 5.74) is 0.294. The maximum absolute atomic E-state index is 10.7. The van der Waals surface area contributed by atoms with Crippen LogP contribution in [-0.2, 0) is 12.1 Å². The molecule has 2 unspecified atom stereocenters. The monoisotopic (exact) mass is 286 g/mol. The Kier molecular flexibility index (Phi) is 3.40. The van der Waals surface area contributed by atoms with E-state index in [0.29, 0.717) is 5.92 Å². The number of aryl methyl sites for hydroxylation is 1. The van der Waals surface area contributed by atoms with E-state index in [-0.39, 0.29) is 0 Å². The average Bonchev–Trinajstić information content (AvgIpc) is 2.73. The topological polar surface area (TPSA) is 38.0 Å². The molecule has 0 amide bonds. The standard InChI is InChI=1S/C12H19BrN2O/c1-3-6-15-11(10(13)8-14-15)12(16)5-4-9(2)7-12/h8-9,16H,3-7H2,1-2H3. The van der Waals surface area contributed by atoms with Gasteiger partial charge >= 0.3 is 0 Å². The molecule has 1 saturated carbocycles. The summed E-state index contributed by atoms with van der Waals surface area (Å²) in [5.74, 6) is 0.599. The van der Waals surface area contributed by atoms with Gasteiger partial charge in [-0.25, -0.2) is 0 Å². The highest BCUT2D eigenvalue weighted by molar-refractivity contribution is 9.10. The van der Waals surface area contributed by atoms with E-state index < -0.39 is 5.60 Å². The molecule has 1 aromatic heterocycles. The summed E-state index contributed by atoms with van der Waals surface area (Å²) < 4.78 is 2.89. The van der Waals surface area contributed by atoms with Crippen LogP contribution in [0.15, 0.2) is 10.7 Å². The Morgan fingerprint density at radius 1 is 1.69 bits per heavy atom. The molecule has 0 saturated heterocycles. The molecule has 1 aromatic rings. The van der Waals surface area contributed by atoms with Crippen molar-refractivity contribution in [3.05, 3.63) is 16.4 Å². The maximum Gasteiger partial charge on any atom is 0.108 e. The molecule has 16 heavy (non-hydrogen) atoms.